The van der Waals surface area contributed by atoms with Crippen LogP contribution in [0.3, 0.4) is 0 Å². The fraction of sp³-hybridized carbons (Fsp3) is 0.350. The number of carbonyl (C=O) groups excluding carboxylic acids is 1. The quantitative estimate of drug-likeness (QED) is 0.609. The summed E-state index contributed by atoms with van der Waals surface area (Å²) in [5, 5.41) is 14.3. The molecule has 26 heavy (non-hydrogen) atoms. The molecule has 2 unspecified atom stereocenters. The Morgan fingerprint density at radius 2 is 1.81 bits per heavy atom. The number of non-ortho nitro benzene ring substituents is 1. The molecule has 2 atom stereocenters. The number of ketones is 1. The van der Waals surface area contributed by atoms with Crippen molar-refractivity contribution in [3.05, 3.63) is 64.2 Å². The van der Waals surface area contributed by atoms with Crippen LogP contribution in [-0.4, -0.2) is 17.8 Å². The first-order valence-electron chi connectivity index (χ1n) is 8.76. The largest absolute Gasteiger partial charge is 0.497 e. The predicted octanol–water partition coefficient (Wildman–Crippen LogP) is 4.52. The van der Waals surface area contributed by atoms with E-state index in [-0.39, 0.29) is 23.4 Å². The summed E-state index contributed by atoms with van der Waals surface area (Å²) < 4.78 is 5.22. The summed E-state index contributed by atoms with van der Waals surface area (Å²) in [6.45, 7) is 0. The monoisotopic (exact) mass is 354 g/mol. The Bertz CT molecular complexity index is 771. The molecule has 0 aromatic heterocycles. The second-order valence-electron chi connectivity index (χ2n) is 6.52. The Kier molecular flexibility index (Phi) is 5.51. The van der Waals surface area contributed by atoms with Gasteiger partial charge in [-0.05, 0) is 42.7 Å². The standard InChI is InChI=1S/C20H22N2O4/c1-26-17-12-6-14(7-13-17)20(18-4-2-3-5-19(18)23)21-15-8-10-16(11-9-15)22(24)25/h6-13,18,20-21H,2-5H2,1H3. The Morgan fingerprint density at radius 3 is 2.38 bits per heavy atom. The summed E-state index contributed by atoms with van der Waals surface area (Å²) in [6, 6.07) is 13.8. The fourth-order valence-corrected chi connectivity index (χ4v) is 3.45. The van der Waals surface area contributed by atoms with Crippen molar-refractivity contribution in [1.29, 1.82) is 0 Å². The van der Waals surface area contributed by atoms with Crippen molar-refractivity contribution >= 4 is 17.2 Å². The van der Waals surface area contributed by atoms with Crippen LogP contribution in [0.2, 0.25) is 0 Å². The van der Waals surface area contributed by atoms with Crippen molar-refractivity contribution in [3.8, 4) is 5.75 Å². The molecule has 0 spiro atoms. The molecule has 6 nitrogen and oxygen atoms in total. The average Bonchev–Trinajstić information content (AvgIpc) is 2.67. The highest BCUT2D eigenvalue weighted by Gasteiger charge is 2.31. The Morgan fingerprint density at radius 1 is 1.12 bits per heavy atom. The molecule has 6 heteroatoms. The van der Waals surface area contributed by atoms with Crippen LogP contribution in [0.15, 0.2) is 48.5 Å². The number of nitro groups is 1. The Hall–Kier alpha value is -2.89. The maximum Gasteiger partial charge on any atom is 0.269 e. The normalized spacial score (nSPS) is 18.2. The summed E-state index contributed by atoms with van der Waals surface area (Å²) in [6.07, 6.45) is 3.43. The molecule has 2 aromatic rings. The molecule has 1 fully saturated rings. The molecule has 0 radical (unpaired) electrons. The van der Waals surface area contributed by atoms with Gasteiger partial charge in [-0.2, -0.15) is 0 Å². The van der Waals surface area contributed by atoms with Crippen LogP contribution < -0.4 is 10.1 Å². The van der Waals surface area contributed by atoms with Crippen molar-refractivity contribution in [2.45, 2.75) is 31.7 Å². The van der Waals surface area contributed by atoms with Crippen LogP contribution in [0.1, 0.15) is 37.3 Å². The van der Waals surface area contributed by atoms with Crippen LogP contribution in [0, 0.1) is 16.0 Å². The number of rotatable bonds is 6. The SMILES string of the molecule is COc1ccc(C(Nc2ccc([N+](=O)[O-])cc2)C2CCCCC2=O)cc1. The first-order valence-corrected chi connectivity index (χ1v) is 8.76. The van der Waals surface area contributed by atoms with Gasteiger partial charge >= 0.3 is 0 Å². The van der Waals surface area contributed by atoms with Gasteiger partial charge in [0, 0.05) is 30.2 Å². The summed E-state index contributed by atoms with van der Waals surface area (Å²) in [5.41, 5.74) is 1.81. The summed E-state index contributed by atoms with van der Waals surface area (Å²) in [7, 11) is 1.62. The maximum atomic E-state index is 12.5. The first kappa shape index (κ1) is 17.9. The lowest BCUT2D eigenvalue weighted by Gasteiger charge is -2.31. The highest BCUT2D eigenvalue weighted by atomic mass is 16.6. The molecule has 0 saturated heterocycles. The van der Waals surface area contributed by atoms with Gasteiger partial charge in [-0.1, -0.05) is 18.6 Å². The molecule has 1 N–H and O–H groups in total. The van der Waals surface area contributed by atoms with Crippen LogP contribution >= 0.6 is 0 Å². The van der Waals surface area contributed by atoms with Gasteiger partial charge in [0.25, 0.3) is 5.69 Å². The van der Waals surface area contributed by atoms with Crippen molar-refractivity contribution in [3.63, 3.8) is 0 Å². The zero-order valence-electron chi connectivity index (χ0n) is 14.7. The third-order valence-electron chi connectivity index (χ3n) is 4.88. The molecule has 1 aliphatic rings. The van der Waals surface area contributed by atoms with Gasteiger partial charge in [-0.15, -0.1) is 0 Å². The lowest BCUT2D eigenvalue weighted by molar-refractivity contribution is -0.384. The topological polar surface area (TPSA) is 81.5 Å². The van der Waals surface area contributed by atoms with Gasteiger partial charge < -0.3 is 10.1 Å². The molecular weight excluding hydrogens is 332 g/mol. The number of nitro benzene ring substituents is 1. The Balaban J connectivity index is 1.88. The van der Waals surface area contributed by atoms with Crippen molar-refractivity contribution in [2.24, 2.45) is 5.92 Å². The number of nitrogens with zero attached hydrogens (tertiary/aromatic N) is 1. The number of nitrogens with one attached hydrogen (secondary N) is 1. The van der Waals surface area contributed by atoms with Crippen molar-refractivity contribution in [2.75, 3.05) is 12.4 Å². The number of benzene rings is 2. The van der Waals surface area contributed by atoms with E-state index in [4.69, 9.17) is 4.74 Å². The molecule has 3 rings (SSSR count). The van der Waals surface area contributed by atoms with Gasteiger partial charge in [0.1, 0.15) is 11.5 Å². The van der Waals surface area contributed by atoms with Crippen LogP contribution in [-0.2, 0) is 4.79 Å². The summed E-state index contributed by atoms with van der Waals surface area (Å²) in [5.74, 6) is 0.927. The lowest BCUT2D eigenvalue weighted by Crippen LogP contribution is -2.30. The van der Waals surface area contributed by atoms with E-state index < -0.39 is 4.92 Å². The zero-order chi connectivity index (χ0) is 18.5. The minimum Gasteiger partial charge on any atom is -0.497 e. The smallest absolute Gasteiger partial charge is 0.269 e. The van der Waals surface area contributed by atoms with Gasteiger partial charge in [0.15, 0.2) is 0 Å². The highest BCUT2D eigenvalue weighted by Crippen LogP contribution is 2.35. The predicted molar refractivity (Wildman–Crippen MR) is 99.4 cm³/mol. The molecule has 0 heterocycles. The fourth-order valence-electron chi connectivity index (χ4n) is 3.45. The maximum absolute atomic E-state index is 12.5. The highest BCUT2D eigenvalue weighted by molar-refractivity contribution is 5.83. The molecule has 1 aliphatic carbocycles. The molecule has 0 amide bonds. The molecule has 1 saturated carbocycles. The number of ether oxygens (including phenoxy) is 1. The van der Waals surface area contributed by atoms with Crippen molar-refractivity contribution < 1.29 is 14.5 Å². The van der Waals surface area contributed by atoms with E-state index in [9.17, 15) is 14.9 Å². The van der Waals surface area contributed by atoms with E-state index in [0.29, 0.717) is 6.42 Å². The van der Waals surface area contributed by atoms with E-state index in [1.165, 1.54) is 12.1 Å². The van der Waals surface area contributed by atoms with E-state index in [1.807, 2.05) is 24.3 Å². The van der Waals surface area contributed by atoms with Crippen LogP contribution in [0.5, 0.6) is 5.75 Å². The van der Waals surface area contributed by atoms with E-state index in [0.717, 1.165) is 36.3 Å². The second kappa shape index (κ2) is 7.99. The third kappa shape index (κ3) is 4.02. The molecule has 2 aromatic carbocycles. The third-order valence-corrected chi connectivity index (χ3v) is 4.88. The second-order valence-corrected chi connectivity index (χ2v) is 6.52. The van der Waals surface area contributed by atoms with E-state index in [1.54, 1.807) is 19.2 Å². The molecule has 0 aliphatic heterocycles. The van der Waals surface area contributed by atoms with Crippen molar-refractivity contribution in [1.82, 2.24) is 0 Å². The average molecular weight is 354 g/mol. The number of methoxy groups -OCH3 is 1. The minimum absolute atomic E-state index is 0.0466. The van der Waals surface area contributed by atoms with E-state index >= 15 is 0 Å². The number of carbonyl (C=O) groups is 1. The molecule has 0 bridgehead atoms. The summed E-state index contributed by atoms with van der Waals surface area (Å²) in [4.78, 5) is 22.9. The van der Waals surface area contributed by atoms with Gasteiger partial charge in [0.2, 0.25) is 0 Å². The van der Waals surface area contributed by atoms with Gasteiger partial charge in [-0.25, -0.2) is 0 Å². The first-order chi connectivity index (χ1) is 12.6. The lowest BCUT2D eigenvalue weighted by atomic mass is 9.80. The number of Topliss-reactive ketones (excluding diaryl/α,β-unsaturated/α-hetero) is 1. The van der Waals surface area contributed by atoms with Crippen LogP contribution in [0.25, 0.3) is 0 Å². The zero-order valence-corrected chi connectivity index (χ0v) is 14.7. The number of anilines is 1. The van der Waals surface area contributed by atoms with Gasteiger partial charge in [0.05, 0.1) is 18.1 Å². The van der Waals surface area contributed by atoms with Gasteiger partial charge in [-0.3, -0.25) is 14.9 Å². The Labute approximate surface area is 152 Å². The minimum atomic E-state index is -0.421. The van der Waals surface area contributed by atoms with E-state index in [2.05, 4.69) is 5.32 Å². The molecular formula is C20H22N2O4. The number of hydrogen-bond acceptors (Lipinski definition) is 5. The number of hydrogen-bond donors (Lipinski definition) is 1. The molecule has 136 valence electrons. The van der Waals surface area contributed by atoms with Crippen LogP contribution in [0.4, 0.5) is 11.4 Å². The summed E-state index contributed by atoms with van der Waals surface area (Å²) >= 11 is 0.